The van der Waals surface area contributed by atoms with Gasteiger partial charge in [-0.2, -0.15) is 0 Å². The first kappa shape index (κ1) is 8.10. The summed E-state index contributed by atoms with van der Waals surface area (Å²) in [6.07, 6.45) is 1.56. The molecule has 0 amide bonds. The molecule has 0 bridgehead atoms. The van der Waals surface area contributed by atoms with Crippen LogP contribution in [0.3, 0.4) is 0 Å². The fraction of sp³-hybridized carbons (Fsp3) is 0.300. The average Bonchev–Trinajstić information content (AvgIpc) is 2.38. The van der Waals surface area contributed by atoms with Crippen LogP contribution in [0, 0.1) is 0 Å². The van der Waals surface area contributed by atoms with E-state index in [-0.39, 0.29) is 0 Å². The van der Waals surface area contributed by atoms with Crippen LogP contribution in [-0.2, 0) is 6.42 Å². The van der Waals surface area contributed by atoms with Gasteiger partial charge in [0.25, 0.3) is 0 Å². The van der Waals surface area contributed by atoms with E-state index in [2.05, 4.69) is 22.6 Å². The molecule has 1 heterocycles. The van der Waals surface area contributed by atoms with Crippen molar-refractivity contribution in [2.75, 3.05) is 11.9 Å². The summed E-state index contributed by atoms with van der Waals surface area (Å²) in [7, 11) is 0. The third-order valence-electron chi connectivity index (χ3n) is 2.28. The second-order valence-electron chi connectivity index (χ2n) is 3.18. The number of oxime groups is 1. The number of para-hydroxylation sites is 1. The first-order chi connectivity index (χ1) is 6.40. The van der Waals surface area contributed by atoms with Crippen molar-refractivity contribution in [2.45, 2.75) is 12.8 Å². The molecule has 0 saturated carbocycles. The van der Waals surface area contributed by atoms with Gasteiger partial charge >= 0.3 is 0 Å². The third kappa shape index (κ3) is 1.64. The van der Waals surface area contributed by atoms with Crippen LogP contribution >= 0.6 is 0 Å². The number of benzene rings is 1. The predicted octanol–water partition coefficient (Wildman–Crippen LogP) is 1.87. The summed E-state index contributed by atoms with van der Waals surface area (Å²) in [5, 5.41) is 15.3. The van der Waals surface area contributed by atoms with Crippen molar-refractivity contribution in [1.29, 1.82) is 0 Å². The maximum absolute atomic E-state index is 8.70. The van der Waals surface area contributed by atoms with Gasteiger partial charge in [-0.25, -0.2) is 0 Å². The first-order valence-corrected chi connectivity index (χ1v) is 4.42. The Kier molecular flexibility index (Phi) is 2.17. The lowest BCUT2D eigenvalue weighted by molar-refractivity contribution is 0.317. The Balaban J connectivity index is 2.34. The van der Waals surface area contributed by atoms with E-state index in [1.807, 2.05) is 12.1 Å². The second kappa shape index (κ2) is 3.47. The van der Waals surface area contributed by atoms with Gasteiger partial charge in [0.1, 0.15) is 0 Å². The van der Waals surface area contributed by atoms with Gasteiger partial charge in [0.2, 0.25) is 0 Å². The van der Waals surface area contributed by atoms with Gasteiger partial charge in [-0.15, -0.1) is 0 Å². The predicted molar refractivity (Wildman–Crippen MR) is 52.5 cm³/mol. The molecule has 0 atom stereocenters. The number of anilines is 1. The molecule has 0 aliphatic carbocycles. The molecule has 3 nitrogen and oxygen atoms in total. The Bertz CT molecular complexity index is 333. The molecule has 0 aromatic heterocycles. The number of nitrogens with zero attached hydrogens (tertiary/aromatic N) is 1. The molecule has 3 heteroatoms. The lowest BCUT2D eigenvalue weighted by Crippen LogP contribution is -2.04. The maximum atomic E-state index is 8.70. The topological polar surface area (TPSA) is 44.6 Å². The van der Waals surface area contributed by atoms with Gasteiger partial charge in [0, 0.05) is 25.1 Å². The molecule has 13 heavy (non-hydrogen) atoms. The van der Waals surface area contributed by atoms with Crippen molar-refractivity contribution < 1.29 is 5.21 Å². The molecule has 1 aliphatic rings. The fourth-order valence-corrected chi connectivity index (χ4v) is 1.58. The van der Waals surface area contributed by atoms with Crippen LogP contribution in [0.1, 0.15) is 12.0 Å². The van der Waals surface area contributed by atoms with E-state index in [9.17, 15) is 0 Å². The lowest BCUT2D eigenvalue weighted by Gasteiger charge is -2.04. The number of rotatable bonds is 0. The Labute approximate surface area is 77.1 Å². The van der Waals surface area contributed by atoms with E-state index in [0.717, 1.165) is 30.8 Å². The zero-order valence-electron chi connectivity index (χ0n) is 7.33. The van der Waals surface area contributed by atoms with E-state index in [0.29, 0.717) is 0 Å². The zero-order chi connectivity index (χ0) is 9.10. The number of nitrogens with one attached hydrogen (secondary N) is 1. The van der Waals surface area contributed by atoms with Gasteiger partial charge in [0.05, 0.1) is 5.71 Å². The van der Waals surface area contributed by atoms with Gasteiger partial charge in [-0.05, 0) is 11.6 Å². The summed E-state index contributed by atoms with van der Waals surface area (Å²) >= 11 is 0. The van der Waals surface area contributed by atoms with Crippen molar-refractivity contribution in [3.05, 3.63) is 29.8 Å². The minimum Gasteiger partial charge on any atom is -0.411 e. The molecule has 0 unspecified atom stereocenters. The molecule has 1 aliphatic heterocycles. The monoisotopic (exact) mass is 176 g/mol. The molecule has 0 spiro atoms. The lowest BCUT2D eigenvalue weighted by atomic mass is 10.1. The highest BCUT2D eigenvalue weighted by atomic mass is 16.4. The molecule has 2 rings (SSSR count). The minimum absolute atomic E-state index is 0.750. The van der Waals surface area contributed by atoms with Crippen LogP contribution < -0.4 is 5.32 Å². The molecule has 0 saturated heterocycles. The molecule has 68 valence electrons. The van der Waals surface area contributed by atoms with E-state index >= 15 is 0 Å². The molecular formula is C10H12N2O. The van der Waals surface area contributed by atoms with Crippen molar-refractivity contribution in [3.63, 3.8) is 0 Å². The van der Waals surface area contributed by atoms with Crippen LogP contribution in [-0.4, -0.2) is 17.5 Å². The van der Waals surface area contributed by atoms with Crippen LogP contribution in [0.4, 0.5) is 5.69 Å². The summed E-state index contributed by atoms with van der Waals surface area (Å²) in [4.78, 5) is 0. The zero-order valence-corrected chi connectivity index (χ0v) is 7.33. The van der Waals surface area contributed by atoms with E-state index < -0.39 is 0 Å². The van der Waals surface area contributed by atoms with Crippen LogP contribution in [0.2, 0.25) is 0 Å². The molecule has 1 aromatic carbocycles. The fourth-order valence-electron chi connectivity index (χ4n) is 1.58. The Morgan fingerprint density at radius 3 is 3.00 bits per heavy atom. The largest absolute Gasteiger partial charge is 0.411 e. The number of fused-ring (bicyclic) bond motifs is 1. The highest BCUT2D eigenvalue weighted by molar-refractivity contribution is 5.88. The van der Waals surface area contributed by atoms with Gasteiger partial charge in [-0.1, -0.05) is 23.4 Å². The van der Waals surface area contributed by atoms with E-state index in [1.54, 1.807) is 0 Å². The minimum atomic E-state index is 0.750. The second-order valence-corrected chi connectivity index (χ2v) is 3.18. The van der Waals surface area contributed by atoms with Crippen LogP contribution in [0.5, 0.6) is 0 Å². The average molecular weight is 176 g/mol. The summed E-state index contributed by atoms with van der Waals surface area (Å²) < 4.78 is 0. The Morgan fingerprint density at radius 1 is 1.31 bits per heavy atom. The Hall–Kier alpha value is -1.51. The molecule has 2 N–H and O–H groups in total. The number of hydrogen-bond donors (Lipinski definition) is 2. The molecule has 0 fully saturated rings. The van der Waals surface area contributed by atoms with E-state index in [1.165, 1.54) is 5.56 Å². The Morgan fingerprint density at radius 2 is 2.15 bits per heavy atom. The maximum Gasteiger partial charge on any atom is 0.0632 e. The summed E-state index contributed by atoms with van der Waals surface area (Å²) in [6.45, 7) is 0.844. The summed E-state index contributed by atoms with van der Waals surface area (Å²) in [5.41, 5.74) is 3.20. The first-order valence-electron chi connectivity index (χ1n) is 4.42. The molecular weight excluding hydrogens is 164 g/mol. The smallest absolute Gasteiger partial charge is 0.0632 e. The van der Waals surface area contributed by atoms with Gasteiger partial charge < -0.3 is 10.5 Å². The van der Waals surface area contributed by atoms with Crippen molar-refractivity contribution in [2.24, 2.45) is 5.16 Å². The number of hydrogen-bond acceptors (Lipinski definition) is 3. The molecule has 1 aromatic rings. The normalized spacial score (nSPS) is 18.9. The highest BCUT2D eigenvalue weighted by Gasteiger charge is 2.10. The van der Waals surface area contributed by atoms with Gasteiger partial charge in [-0.3, -0.25) is 0 Å². The van der Waals surface area contributed by atoms with Crippen molar-refractivity contribution in [1.82, 2.24) is 0 Å². The van der Waals surface area contributed by atoms with Crippen LogP contribution in [0.25, 0.3) is 0 Å². The summed E-state index contributed by atoms with van der Waals surface area (Å²) in [5.74, 6) is 0. The van der Waals surface area contributed by atoms with Gasteiger partial charge in [0.15, 0.2) is 0 Å². The SMILES string of the molecule is O/N=C1\CCNc2ccccc2C1. The third-order valence-corrected chi connectivity index (χ3v) is 2.28. The van der Waals surface area contributed by atoms with Crippen molar-refractivity contribution in [3.8, 4) is 0 Å². The van der Waals surface area contributed by atoms with E-state index in [4.69, 9.17) is 5.21 Å². The quantitative estimate of drug-likeness (QED) is 0.468. The highest BCUT2D eigenvalue weighted by Crippen LogP contribution is 2.19. The van der Waals surface area contributed by atoms with Crippen molar-refractivity contribution >= 4 is 11.4 Å². The standard InChI is InChI=1S/C10H12N2O/c13-12-9-5-6-11-10-4-2-1-3-8(10)7-9/h1-4,11,13H,5-7H2/b12-9+. The summed E-state index contributed by atoms with van der Waals surface area (Å²) in [6, 6.07) is 8.11. The van der Waals surface area contributed by atoms with Crippen LogP contribution in [0.15, 0.2) is 29.4 Å². The molecule has 0 radical (unpaired) electrons.